The van der Waals surface area contributed by atoms with E-state index in [1.165, 1.54) is 11.0 Å². The van der Waals surface area contributed by atoms with Crippen LogP contribution in [0.15, 0.2) is 48.8 Å². The molecule has 3 aromatic rings. The monoisotopic (exact) mass is 325 g/mol. The SMILES string of the molecule is COc1cccc(C(=O)Nc2cc(OC)ccc2-n2cnnn2)c1. The lowest BCUT2D eigenvalue weighted by Gasteiger charge is -2.12. The average Bonchev–Trinajstić information content (AvgIpc) is 3.16. The van der Waals surface area contributed by atoms with Gasteiger partial charge in [0.2, 0.25) is 0 Å². The van der Waals surface area contributed by atoms with Crippen LogP contribution in [0.5, 0.6) is 11.5 Å². The summed E-state index contributed by atoms with van der Waals surface area (Å²) in [4.78, 5) is 12.5. The summed E-state index contributed by atoms with van der Waals surface area (Å²) < 4.78 is 11.8. The molecule has 2 aromatic carbocycles. The van der Waals surface area contributed by atoms with Crippen LogP contribution in [0.2, 0.25) is 0 Å². The molecule has 0 unspecified atom stereocenters. The number of anilines is 1. The first-order valence-corrected chi connectivity index (χ1v) is 7.08. The van der Waals surface area contributed by atoms with Crippen molar-refractivity contribution in [2.75, 3.05) is 19.5 Å². The van der Waals surface area contributed by atoms with Crippen LogP contribution in [0.1, 0.15) is 10.4 Å². The molecule has 8 nitrogen and oxygen atoms in total. The van der Waals surface area contributed by atoms with Gasteiger partial charge in [0, 0.05) is 11.6 Å². The summed E-state index contributed by atoms with van der Waals surface area (Å²) in [7, 11) is 3.11. The van der Waals surface area contributed by atoms with E-state index >= 15 is 0 Å². The molecule has 0 saturated heterocycles. The van der Waals surface area contributed by atoms with Crippen LogP contribution < -0.4 is 14.8 Å². The molecule has 0 fully saturated rings. The molecule has 1 amide bonds. The number of aromatic nitrogens is 4. The molecule has 0 aliphatic carbocycles. The number of benzene rings is 2. The minimum atomic E-state index is -0.281. The van der Waals surface area contributed by atoms with Crippen molar-refractivity contribution in [2.45, 2.75) is 0 Å². The Kier molecular flexibility index (Phi) is 4.37. The van der Waals surface area contributed by atoms with E-state index in [2.05, 4.69) is 20.8 Å². The second kappa shape index (κ2) is 6.78. The molecule has 8 heteroatoms. The van der Waals surface area contributed by atoms with Gasteiger partial charge in [-0.05, 0) is 40.8 Å². The minimum absolute atomic E-state index is 0.281. The van der Waals surface area contributed by atoms with Gasteiger partial charge in [-0.25, -0.2) is 0 Å². The van der Waals surface area contributed by atoms with Crippen molar-refractivity contribution < 1.29 is 14.3 Å². The lowest BCUT2D eigenvalue weighted by molar-refractivity contribution is 0.102. The predicted octanol–water partition coefficient (Wildman–Crippen LogP) is 1.93. The zero-order valence-electron chi connectivity index (χ0n) is 13.1. The van der Waals surface area contributed by atoms with Gasteiger partial charge < -0.3 is 14.8 Å². The number of nitrogens with zero attached hydrogens (tertiary/aromatic N) is 4. The Balaban J connectivity index is 1.94. The molecule has 1 aromatic heterocycles. The van der Waals surface area contributed by atoms with Gasteiger partial charge in [-0.3, -0.25) is 4.79 Å². The Morgan fingerprint density at radius 3 is 2.58 bits per heavy atom. The Labute approximate surface area is 138 Å². The lowest BCUT2D eigenvalue weighted by atomic mass is 10.2. The summed E-state index contributed by atoms with van der Waals surface area (Å²) in [6, 6.07) is 12.1. The summed E-state index contributed by atoms with van der Waals surface area (Å²) in [5.74, 6) is 0.929. The van der Waals surface area contributed by atoms with Gasteiger partial charge in [0.15, 0.2) is 0 Å². The summed E-state index contributed by atoms with van der Waals surface area (Å²) in [5, 5.41) is 13.9. The zero-order valence-corrected chi connectivity index (χ0v) is 13.1. The molecular weight excluding hydrogens is 310 g/mol. The third-order valence-electron chi connectivity index (χ3n) is 3.38. The van der Waals surface area contributed by atoms with Crippen LogP contribution in [-0.2, 0) is 0 Å². The van der Waals surface area contributed by atoms with E-state index in [1.807, 2.05) is 0 Å². The van der Waals surface area contributed by atoms with E-state index in [4.69, 9.17) is 9.47 Å². The van der Waals surface area contributed by atoms with E-state index in [-0.39, 0.29) is 5.91 Å². The molecule has 1 heterocycles. The maximum atomic E-state index is 12.5. The number of hydrogen-bond donors (Lipinski definition) is 1. The van der Waals surface area contributed by atoms with Gasteiger partial charge in [0.25, 0.3) is 5.91 Å². The minimum Gasteiger partial charge on any atom is -0.497 e. The van der Waals surface area contributed by atoms with Crippen LogP contribution in [0, 0.1) is 0 Å². The van der Waals surface area contributed by atoms with Gasteiger partial charge >= 0.3 is 0 Å². The number of rotatable bonds is 5. The fraction of sp³-hybridized carbons (Fsp3) is 0.125. The number of ether oxygens (including phenoxy) is 2. The van der Waals surface area contributed by atoms with E-state index in [9.17, 15) is 4.79 Å². The van der Waals surface area contributed by atoms with Crippen LogP contribution in [-0.4, -0.2) is 40.3 Å². The Hall–Kier alpha value is -3.42. The molecule has 0 aliphatic rings. The van der Waals surface area contributed by atoms with E-state index in [0.717, 1.165) is 0 Å². The molecule has 3 rings (SSSR count). The third-order valence-corrected chi connectivity index (χ3v) is 3.38. The highest BCUT2D eigenvalue weighted by atomic mass is 16.5. The predicted molar refractivity (Wildman–Crippen MR) is 86.7 cm³/mol. The van der Waals surface area contributed by atoms with Crippen molar-refractivity contribution in [3.05, 3.63) is 54.4 Å². The van der Waals surface area contributed by atoms with Crippen LogP contribution in [0.4, 0.5) is 5.69 Å². The normalized spacial score (nSPS) is 10.2. The molecule has 122 valence electrons. The first-order valence-electron chi connectivity index (χ1n) is 7.08. The third kappa shape index (κ3) is 3.17. The van der Waals surface area contributed by atoms with Crippen molar-refractivity contribution in [3.8, 4) is 17.2 Å². The van der Waals surface area contributed by atoms with E-state index < -0.39 is 0 Å². The highest BCUT2D eigenvalue weighted by Gasteiger charge is 2.13. The van der Waals surface area contributed by atoms with Crippen molar-refractivity contribution in [1.29, 1.82) is 0 Å². The lowest BCUT2D eigenvalue weighted by Crippen LogP contribution is -2.14. The maximum absolute atomic E-state index is 12.5. The Morgan fingerprint density at radius 2 is 1.88 bits per heavy atom. The summed E-state index contributed by atoms with van der Waals surface area (Å²) in [5.41, 5.74) is 1.62. The van der Waals surface area contributed by atoms with Gasteiger partial charge in [-0.2, -0.15) is 4.68 Å². The van der Waals surface area contributed by atoms with Crippen LogP contribution in [0.25, 0.3) is 5.69 Å². The quantitative estimate of drug-likeness (QED) is 0.771. The smallest absolute Gasteiger partial charge is 0.255 e. The van der Waals surface area contributed by atoms with Crippen LogP contribution >= 0.6 is 0 Å². The van der Waals surface area contributed by atoms with Gasteiger partial charge in [0.1, 0.15) is 17.8 Å². The Morgan fingerprint density at radius 1 is 1.08 bits per heavy atom. The summed E-state index contributed by atoms with van der Waals surface area (Å²) in [6.45, 7) is 0. The van der Waals surface area contributed by atoms with Gasteiger partial charge in [-0.1, -0.05) is 6.07 Å². The first-order chi connectivity index (χ1) is 11.7. The standard InChI is InChI=1S/C16H15N5O3/c1-23-12-5-3-4-11(8-12)16(22)18-14-9-13(24-2)6-7-15(14)21-10-17-19-20-21/h3-10H,1-2H3,(H,18,22). The number of carbonyl (C=O) groups is 1. The van der Waals surface area contributed by atoms with Crippen molar-refractivity contribution >= 4 is 11.6 Å². The van der Waals surface area contributed by atoms with Crippen molar-refractivity contribution in [2.24, 2.45) is 0 Å². The van der Waals surface area contributed by atoms with E-state index in [0.29, 0.717) is 28.4 Å². The van der Waals surface area contributed by atoms with Crippen molar-refractivity contribution in [1.82, 2.24) is 20.2 Å². The number of hydrogen-bond acceptors (Lipinski definition) is 6. The highest BCUT2D eigenvalue weighted by Crippen LogP contribution is 2.26. The summed E-state index contributed by atoms with van der Waals surface area (Å²) >= 11 is 0. The van der Waals surface area contributed by atoms with Gasteiger partial charge in [0.05, 0.1) is 25.6 Å². The number of methoxy groups -OCH3 is 2. The van der Waals surface area contributed by atoms with Crippen molar-refractivity contribution in [3.63, 3.8) is 0 Å². The molecular formula is C16H15N5O3. The molecule has 24 heavy (non-hydrogen) atoms. The summed E-state index contributed by atoms with van der Waals surface area (Å²) in [6.07, 6.45) is 1.45. The second-order valence-corrected chi connectivity index (χ2v) is 4.82. The molecule has 0 saturated carbocycles. The zero-order chi connectivity index (χ0) is 16.9. The average molecular weight is 325 g/mol. The number of tetrazole rings is 1. The fourth-order valence-electron chi connectivity index (χ4n) is 2.17. The first kappa shape index (κ1) is 15.5. The fourth-order valence-corrected chi connectivity index (χ4v) is 2.17. The molecule has 0 bridgehead atoms. The largest absolute Gasteiger partial charge is 0.497 e. The molecule has 0 atom stereocenters. The highest BCUT2D eigenvalue weighted by molar-refractivity contribution is 6.05. The molecule has 1 N–H and O–H groups in total. The number of amides is 1. The second-order valence-electron chi connectivity index (χ2n) is 4.82. The topological polar surface area (TPSA) is 91.2 Å². The molecule has 0 spiro atoms. The number of nitrogens with one attached hydrogen (secondary N) is 1. The molecule has 0 aliphatic heterocycles. The Bertz CT molecular complexity index is 849. The molecule has 0 radical (unpaired) electrons. The maximum Gasteiger partial charge on any atom is 0.255 e. The van der Waals surface area contributed by atoms with Gasteiger partial charge in [-0.15, -0.1) is 5.10 Å². The number of carbonyl (C=O) groups excluding carboxylic acids is 1. The van der Waals surface area contributed by atoms with E-state index in [1.54, 1.807) is 56.7 Å². The van der Waals surface area contributed by atoms with Crippen LogP contribution in [0.3, 0.4) is 0 Å².